The molecule has 1 saturated heterocycles. The Morgan fingerprint density at radius 3 is 2.56 bits per heavy atom. The second kappa shape index (κ2) is 10.8. The van der Waals surface area contributed by atoms with Gasteiger partial charge in [0.25, 0.3) is 11.1 Å². The Balaban J connectivity index is 1.85. The number of carbonyl (C=O) groups is 3. The van der Waals surface area contributed by atoms with Crippen LogP contribution in [0.15, 0.2) is 41.3 Å². The maximum atomic E-state index is 12.8. The third kappa shape index (κ3) is 5.56. The minimum atomic E-state index is -0.570. The molecule has 0 unspecified atom stereocenters. The highest BCUT2D eigenvalue weighted by Crippen LogP contribution is 2.39. The number of benzene rings is 2. The summed E-state index contributed by atoms with van der Waals surface area (Å²) in [5.74, 6) is -0.520. The van der Waals surface area contributed by atoms with Crippen molar-refractivity contribution in [2.24, 2.45) is 0 Å². The molecule has 0 aliphatic carbocycles. The third-order valence-electron chi connectivity index (χ3n) is 4.35. The van der Waals surface area contributed by atoms with Crippen LogP contribution in [0, 0.1) is 0 Å². The Hall–Kier alpha value is -2.68. The number of thioether (sulfide) groups is 1. The SMILES string of the molecule is CCOc1cc(/C=C2\SC(=O)N(Cc3ccccc3Cl)C2=O)cc(Cl)c1OCC(=O)OC. The molecule has 1 fully saturated rings. The molecular weight excluding hydrogens is 477 g/mol. The molecule has 1 aliphatic heterocycles. The van der Waals surface area contributed by atoms with Crippen LogP contribution >= 0.6 is 35.0 Å². The zero-order valence-corrected chi connectivity index (χ0v) is 19.6. The lowest BCUT2D eigenvalue weighted by Gasteiger charge is -2.14. The molecule has 0 spiro atoms. The lowest BCUT2D eigenvalue weighted by molar-refractivity contribution is -0.142. The van der Waals surface area contributed by atoms with Crippen molar-refractivity contribution in [1.29, 1.82) is 0 Å². The number of hydrogen-bond donors (Lipinski definition) is 0. The molecule has 0 atom stereocenters. The van der Waals surface area contributed by atoms with E-state index in [-0.39, 0.29) is 28.8 Å². The zero-order chi connectivity index (χ0) is 23.3. The van der Waals surface area contributed by atoms with Crippen LogP contribution in [0.1, 0.15) is 18.1 Å². The van der Waals surface area contributed by atoms with E-state index in [9.17, 15) is 14.4 Å². The van der Waals surface area contributed by atoms with Crippen LogP contribution in [0.2, 0.25) is 10.0 Å². The highest BCUT2D eigenvalue weighted by Gasteiger charge is 2.35. The first-order chi connectivity index (χ1) is 15.3. The number of ether oxygens (including phenoxy) is 3. The van der Waals surface area contributed by atoms with E-state index in [1.807, 2.05) is 0 Å². The first kappa shape index (κ1) is 24.0. The Labute approximate surface area is 199 Å². The van der Waals surface area contributed by atoms with Crippen LogP contribution in [0.3, 0.4) is 0 Å². The van der Waals surface area contributed by atoms with E-state index in [4.69, 9.17) is 32.7 Å². The highest BCUT2D eigenvalue weighted by molar-refractivity contribution is 8.18. The topological polar surface area (TPSA) is 82.1 Å². The van der Waals surface area contributed by atoms with Crippen molar-refractivity contribution in [1.82, 2.24) is 4.90 Å². The first-order valence-corrected chi connectivity index (χ1v) is 11.1. The number of esters is 1. The minimum absolute atomic E-state index is 0.0763. The number of nitrogens with zero attached hydrogens (tertiary/aromatic N) is 1. The van der Waals surface area contributed by atoms with Crippen molar-refractivity contribution in [3.8, 4) is 11.5 Å². The molecule has 10 heteroatoms. The van der Waals surface area contributed by atoms with Crippen molar-refractivity contribution in [2.75, 3.05) is 20.3 Å². The maximum Gasteiger partial charge on any atom is 0.343 e. The maximum absolute atomic E-state index is 12.8. The molecule has 32 heavy (non-hydrogen) atoms. The molecule has 0 saturated carbocycles. The Kier molecular flexibility index (Phi) is 8.06. The van der Waals surface area contributed by atoms with E-state index in [0.717, 1.165) is 16.7 Å². The summed E-state index contributed by atoms with van der Waals surface area (Å²) in [4.78, 5) is 38.0. The number of halogens is 2. The van der Waals surface area contributed by atoms with Crippen LogP contribution in [-0.4, -0.2) is 42.3 Å². The summed E-state index contributed by atoms with van der Waals surface area (Å²) in [7, 11) is 1.25. The van der Waals surface area contributed by atoms with Crippen molar-refractivity contribution >= 4 is 58.2 Å². The third-order valence-corrected chi connectivity index (χ3v) is 5.91. The van der Waals surface area contributed by atoms with Crippen LogP contribution in [0.5, 0.6) is 11.5 Å². The monoisotopic (exact) mass is 495 g/mol. The first-order valence-electron chi connectivity index (χ1n) is 9.48. The van der Waals surface area contributed by atoms with Crippen molar-refractivity contribution in [2.45, 2.75) is 13.5 Å². The smallest absolute Gasteiger partial charge is 0.343 e. The Morgan fingerprint density at radius 1 is 1.12 bits per heavy atom. The second-order valence-electron chi connectivity index (χ2n) is 6.49. The molecule has 168 valence electrons. The summed E-state index contributed by atoms with van der Waals surface area (Å²) in [6, 6.07) is 10.2. The van der Waals surface area contributed by atoms with Gasteiger partial charge in [-0.2, -0.15) is 0 Å². The molecule has 1 aliphatic rings. The normalized spacial score (nSPS) is 14.8. The molecule has 2 aromatic carbocycles. The van der Waals surface area contributed by atoms with Gasteiger partial charge in [0.15, 0.2) is 18.1 Å². The van der Waals surface area contributed by atoms with Gasteiger partial charge >= 0.3 is 5.97 Å². The van der Waals surface area contributed by atoms with Crippen molar-refractivity contribution in [3.63, 3.8) is 0 Å². The van der Waals surface area contributed by atoms with Gasteiger partial charge in [-0.3, -0.25) is 14.5 Å². The molecule has 2 aromatic rings. The zero-order valence-electron chi connectivity index (χ0n) is 17.2. The summed E-state index contributed by atoms with van der Waals surface area (Å²) in [6.45, 7) is 1.84. The van der Waals surface area contributed by atoms with Gasteiger partial charge in [0.05, 0.1) is 30.2 Å². The fourth-order valence-electron chi connectivity index (χ4n) is 2.85. The molecule has 0 N–H and O–H groups in total. The van der Waals surface area contributed by atoms with Gasteiger partial charge in [-0.15, -0.1) is 0 Å². The van der Waals surface area contributed by atoms with E-state index < -0.39 is 17.1 Å². The summed E-state index contributed by atoms with van der Waals surface area (Å²) < 4.78 is 15.6. The van der Waals surface area contributed by atoms with Gasteiger partial charge in [-0.25, -0.2) is 4.79 Å². The van der Waals surface area contributed by atoms with Crippen LogP contribution < -0.4 is 9.47 Å². The number of rotatable bonds is 8. The number of amides is 2. The van der Waals surface area contributed by atoms with Crippen molar-refractivity contribution in [3.05, 3.63) is 62.5 Å². The highest BCUT2D eigenvalue weighted by atomic mass is 35.5. The van der Waals surface area contributed by atoms with E-state index in [0.29, 0.717) is 28.5 Å². The Bertz CT molecular complexity index is 1090. The predicted octanol–water partition coefficient (Wildman–Crippen LogP) is 5.18. The molecule has 7 nitrogen and oxygen atoms in total. The molecular formula is C22H19Cl2NO6S. The van der Waals surface area contributed by atoms with Gasteiger partial charge < -0.3 is 14.2 Å². The molecule has 0 radical (unpaired) electrons. The van der Waals surface area contributed by atoms with E-state index >= 15 is 0 Å². The minimum Gasteiger partial charge on any atom is -0.490 e. The average Bonchev–Trinajstić information content (AvgIpc) is 3.02. The lowest BCUT2D eigenvalue weighted by Crippen LogP contribution is -2.27. The number of hydrogen-bond acceptors (Lipinski definition) is 7. The largest absolute Gasteiger partial charge is 0.490 e. The molecule has 3 rings (SSSR count). The molecule has 0 bridgehead atoms. The lowest BCUT2D eigenvalue weighted by atomic mass is 10.1. The standard InChI is InChI=1S/C22H19Cl2NO6S/c1-3-30-17-9-13(8-16(24)20(17)31-12-19(26)29-2)10-18-21(27)25(22(28)32-18)11-14-6-4-5-7-15(14)23/h4-10H,3,11-12H2,1-2H3/b18-10-. The predicted molar refractivity (Wildman–Crippen MR) is 123 cm³/mol. The molecule has 2 amide bonds. The fourth-order valence-corrected chi connectivity index (χ4v) is 4.16. The van der Waals surface area contributed by atoms with Crippen LogP contribution in [-0.2, 0) is 20.9 Å². The van der Waals surface area contributed by atoms with Gasteiger partial charge in [-0.05, 0) is 54.1 Å². The Morgan fingerprint density at radius 2 is 1.88 bits per heavy atom. The fraction of sp³-hybridized carbons (Fsp3) is 0.227. The van der Waals surface area contributed by atoms with Crippen LogP contribution in [0.25, 0.3) is 6.08 Å². The quantitative estimate of drug-likeness (QED) is 0.368. The van der Waals surface area contributed by atoms with Gasteiger partial charge in [-0.1, -0.05) is 41.4 Å². The summed E-state index contributed by atoms with van der Waals surface area (Å²) in [6.07, 6.45) is 1.55. The van der Waals surface area contributed by atoms with Crippen LogP contribution in [0.4, 0.5) is 4.79 Å². The number of imide groups is 1. The van der Waals surface area contributed by atoms with E-state index in [1.165, 1.54) is 7.11 Å². The van der Waals surface area contributed by atoms with Gasteiger partial charge in [0.1, 0.15) is 0 Å². The second-order valence-corrected chi connectivity index (χ2v) is 8.29. The molecule has 1 heterocycles. The average molecular weight is 496 g/mol. The number of methoxy groups -OCH3 is 1. The molecule has 0 aromatic heterocycles. The summed E-state index contributed by atoms with van der Waals surface area (Å²) >= 11 is 13.3. The summed E-state index contributed by atoms with van der Waals surface area (Å²) in [5.41, 5.74) is 1.21. The van der Waals surface area contributed by atoms with E-state index in [1.54, 1.807) is 49.4 Å². The number of carbonyl (C=O) groups excluding carboxylic acids is 3. The van der Waals surface area contributed by atoms with E-state index in [2.05, 4.69) is 4.74 Å². The van der Waals surface area contributed by atoms with Gasteiger partial charge in [0, 0.05) is 5.02 Å². The van der Waals surface area contributed by atoms with Gasteiger partial charge in [0.2, 0.25) is 0 Å². The van der Waals surface area contributed by atoms with Crippen molar-refractivity contribution < 1.29 is 28.6 Å². The summed E-state index contributed by atoms with van der Waals surface area (Å²) in [5, 5.41) is 0.267.